The summed E-state index contributed by atoms with van der Waals surface area (Å²) < 4.78 is 5.23. The van der Waals surface area contributed by atoms with Crippen molar-refractivity contribution in [3.05, 3.63) is 70.4 Å². The highest BCUT2D eigenvalue weighted by atomic mass is 35.5. The van der Waals surface area contributed by atoms with Crippen LogP contribution in [-0.4, -0.2) is 69.3 Å². The number of aliphatic hydroxyl groups excluding tert-OH is 2. The molecule has 3 atom stereocenters. The average molecular weight is 540 g/mol. The van der Waals surface area contributed by atoms with Crippen molar-refractivity contribution in [3.63, 3.8) is 0 Å². The number of hydrogen-bond acceptors (Lipinski definition) is 8. The molecule has 1 aliphatic heterocycles. The SMILES string of the molecule is COc1cccc(C(CO)NC(=O)C(C)N2Cc3ccc(-c4nc(NC(C)CO)ncc4Cl)cc3C2=O)c1. The predicted octanol–water partition coefficient (Wildman–Crippen LogP) is 2.79. The minimum atomic E-state index is -0.781. The third-order valence-electron chi connectivity index (χ3n) is 6.45. The van der Waals surface area contributed by atoms with Crippen molar-refractivity contribution in [1.29, 1.82) is 0 Å². The maximum Gasteiger partial charge on any atom is 0.255 e. The van der Waals surface area contributed by atoms with Gasteiger partial charge in [-0.1, -0.05) is 35.9 Å². The maximum atomic E-state index is 13.3. The number of aliphatic hydroxyl groups is 2. The number of anilines is 1. The van der Waals surface area contributed by atoms with Crippen LogP contribution in [0.5, 0.6) is 5.75 Å². The largest absolute Gasteiger partial charge is 0.497 e. The van der Waals surface area contributed by atoms with Gasteiger partial charge in [0.15, 0.2) is 0 Å². The molecule has 38 heavy (non-hydrogen) atoms. The Bertz CT molecular complexity index is 1340. The van der Waals surface area contributed by atoms with Crippen molar-refractivity contribution in [2.45, 2.75) is 38.5 Å². The zero-order valence-corrected chi connectivity index (χ0v) is 22.1. The molecule has 1 aliphatic rings. The van der Waals surface area contributed by atoms with E-state index in [1.807, 2.05) is 12.1 Å². The van der Waals surface area contributed by atoms with Crippen molar-refractivity contribution >= 4 is 29.4 Å². The molecule has 0 bridgehead atoms. The fourth-order valence-corrected chi connectivity index (χ4v) is 4.42. The first kappa shape index (κ1) is 27.3. The van der Waals surface area contributed by atoms with Crippen LogP contribution in [0.25, 0.3) is 11.3 Å². The van der Waals surface area contributed by atoms with E-state index in [9.17, 15) is 19.8 Å². The van der Waals surface area contributed by atoms with E-state index in [1.165, 1.54) is 11.1 Å². The van der Waals surface area contributed by atoms with Crippen LogP contribution in [0.3, 0.4) is 0 Å². The molecule has 0 fully saturated rings. The van der Waals surface area contributed by atoms with E-state index in [-0.39, 0.29) is 37.6 Å². The predicted molar refractivity (Wildman–Crippen MR) is 143 cm³/mol. The molecule has 2 heterocycles. The Hall–Kier alpha value is -3.73. The minimum absolute atomic E-state index is 0.0884. The number of halogens is 1. The lowest BCUT2D eigenvalue weighted by Crippen LogP contribution is -2.46. The molecule has 3 aromatic rings. The van der Waals surface area contributed by atoms with Gasteiger partial charge in [-0.25, -0.2) is 9.97 Å². The van der Waals surface area contributed by atoms with Crippen LogP contribution in [-0.2, 0) is 11.3 Å². The summed E-state index contributed by atoms with van der Waals surface area (Å²) in [5.41, 5.74) is 3.00. The smallest absolute Gasteiger partial charge is 0.255 e. The maximum absolute atomic E-state index is 13.3. The molecule has 0 saturated heterocycles. The van der Waals surface area contributed by atoms with Crippen molar-refractivity contribution < 1.29 is 24.5 Å². The molecule has 10 nitrogen and oxygen atoms in total. The van der Waals surface area contributed by atoms with E-state index in [0.717, 1.165) is 5.56 Å². The summed E-state index contributed by atoms with van der Waals surface area (Å²) in [4.78, 5) is 36.5. The monoisotopic (exact) mass is 539 g/mol. The number of rotatable bonds is 10. The second-order valence-corrected chi connectivity index (χ2v) is 9.53. The van der Waals surface area contributed by atoms with E-state index in [1.54, 1.807) is 51.3 Å². The number of hydrogen-bond donors (Lipinski definition) is 4. The molecule has 1 aromatic heterocycles. The number of amides is 2. The Morgan fingerprint density at radius 2 is 1.97 bits per heavy atom. The van der Waals surface area contributed by atoms with Gasteiger partial charge in [0.2, 0.25) is 11.9 Å². The highest BCUT2D eigenvalue weighted by molar-refractivity contribution is 6.33. The van der Waals surface area contributed by atoms with Crippen LogP contribution < -0.4 is 15.4 Å². The summed E-state index contributed by atoms with van der Waals surface area (Å²) in [5.74, 6) is 0.239. The number of nitrogens with one attached hydrogen (secondary N) is 2. The van der Waals surface area contributed by atoms with Gasteiger partial charge in [0.05, 0.1) is 43.3 Å². The fraction of sp³-hybridized carbons (Fsp3) is 0.333. The first-order chi connectivity index (χ1) is 18.2. The van der Waals surface area contributed by atoms with Crippen molar-refractivity contribution in [2.24, 2.45) is 0 Å². The van der Waals surface area contributed by atoms with Gasteiger partial charge in [-0.15, -0.1) is 0 Å². The lowest BCUT2D eigenvalue weighted by molar-refractivity contribution is -0.126. The number of nitrogens with zero attached hydrogens (tertiary/aromatic N) is 3. The Kier molecular flexibility index (Phi) is 8.45. The van der Waals surface area contributed by atoms with E-state index < -0.39 is 12.1 Å². The summed E-state index contributed by atoms with van der Waals surface area (Å²) in [7, 11) is 1.54. The topological polar surface area (TPSA) is 137 Å². The van der Waals surface area contributed by atoms with Gasteiger partial charge >= 0.3 is 0 Å². The number of fused-ring (bicyclic) bond motifs is 1. The summed E-state index contributed by atoms with van der Waals surface area (Å²) in [5, 5.41) is 25.3. The minimum Gasteiger partial charge on any atom is -0.497 e. The molecule has 200 valence electrons. The Balaban J connectivity index is 1.51. The number of aromatic nitrogens is 2. The van der Waals surface area contributed by atoms with Gasteiger partial charge in [-0.05, 0) is 43.2 Å². The van der Waals surface area contributed by atoms with E-state index in [2.05, 4.69) is 20.6 Å². The van der Waals surface area contributed by atoms with Gasteiger partial charge < -0.3 is 30.5 Å². The average Bonchev–Trinajstić information content (AvgIpc) is 3.27. The van der Waals surface area contributed by atoms with Crippen LogP contribution in [0.2, 0.25) is 5.02 Å². The fourth-order valence-electron chi connectivity index (χ4n) is 4.22. The summed E-state index contributed by atoms with van der Waals surface area (Å²) in [6.07, 6.45) is 1.46. The second kappa shape index (κ2) is 11.8. The molecule has 4 rings (SSSR count). The first-order valence-electron chi connectivity index (χ1n) is 12.1. The Morgan fingerprint density at radius 1 is 1.18 bits per heavy atom. The number of carbonyl (C=O) groups is 2. The molecule has 0 aliphatic carbocycles. The number of carbonyl (C=O) groups excluding carboxylic acids is 2. The normalized spacial score (nSPS) is 15.0. The Morgan fingerprint density at radius 3 is 2.68 bits per heavy atom. The Labute approximate surface area is 225 Å². The van der Waals surface area contributed by atoms with Gasteiger partial charge in [-0.3, -0.25) is 9.59 Å². The van der Waals surface area contributed by atoms with Crippen molar-refractivity contribution in [2.75, 3.05) is 25.6 Å². The molecule has 2 aromatic carbocycles. The van der Waals surface area contributed by atoms with Crippen LogP contribution >= 0.6 is 11.6 Å². The quantitative estimate of drug-likeness (QED) is 0.309. The number of ether oxygens (including phenoxy) is 1. The lowest BCUT2D eigenvalue weighted by atomic mass is 10.0. The van der Waals surface area contributed by atoms with Gasteiger partial charge in [0.25, 0.3) is 5.91 Å². The third-order valence-corrected chi connectivity index (χ3v) is 6.73. The molecule has 4 N–H and O–H groups in total. The van der Waals surface area contributed by atoms with Gasteiger partial charge in [-0.2, -0.15) is 0 Å². The van der Waals surface area contributed by atoms with Crippen molar-refractivity contribution in [3.8, 4) is 17.0 Å². The van der Waals surface area contributed by atoms with Crippen LogP contribution in [0.4, 0.5) is 5.95 Å². The second-order valence-electron chi connectivity index (χ2n) is 9.12. The van der Waals surface area contributed by atoms with E-state index in [0.29, 0.717) is 39.1 Å². The van der Waals surface area contributed by atoms with Gasteiger partial charge in [0.1, 0.15) is 11.8 Å². The van der Waals surface area contributed by atoms with Crippen molar-refractivity contribution in [1.82, 2.24) is 20.2 Å². The summed E-state index contributed by atoms with van der Waals surface area (Å²) in [6.45, 7) is 3.31. The highest BCUT2D eigenvalue weighted by Crippen LogP contribution is 2.32. The van der Waals surface area contributed by atoms with E-state index >= 15 is 0 Å². The van der Waals surface area contributed by atoms with Crippen LogP contribution in [0.15, 0.2) is 48.7 Å². The standard InChI is InChI=1S/C27H30ClN5O5/c1-15(13-34)30-27-29-11-22(28)24(32-27)18-7-8-19-12-33(26(37)21(19)10-18)16(2)25(36)31-23(14-35)17-5-4-6-20(9-17)38-3/h4-11,15-16,23,34-35H,12-14H2,1-3H3,(H,31,36)(H,29,30,32). The zero-order chi connectivity index (χ0) is 27.4. The highest BCUT2D eigenvalue weighted by Gasteiger charge is 2.35. The van der Waals surface area contributed by atoms with E-state index in [4.69, 9.17) is 16.3 Å². The molecule has 0 spiro atoms. The molecule has 3 unspecified atom stereocenters. The van der Waals surface area contributed by atoms with Crippen LogP contribution in [0, 0.1) is 0 Å². The summed E-state index contributed by atoms with van der Waals surface area (Å²) in [6, 6.07) is 10.8. The number of methoxy groups -OCH3 is 1. The third kappa shape index (κ3) is 5.72. The molecule has 0 radical (unpaired) electrons. The van der Waals surface area contributed by atoms with Gasteiger partial charge in [0, 0.05) is 23.7 Å². The molecule has 11 heteroatoms. The first-order valence-corrected chi connectivity index (χ1v) is 12.5. The molecular weight excluding hydrogens is 510 g/mol. The molecule has 0 saturated carbocycles. The number of benzene rings is 2. The molecular formula is C27H30ClN5O5. The zero-order valence-electron chi connectivity index (χ0n) is 21.3. The molecule has 2 amide bonds. The summed E-state index contributed by atoms with van der Waals surface area (Å²) >= 11 is 6.36. The lowest BCUT2D eigenvalue weighted by Gasteiger charge is -2.26. The van der Waals surface area contributed by atoms with Crippen LogP contribution in [0.1, 0.15) is 41.4 Å².